The molecule has 2 aromatic heterocycles. The van der Waals surface area contributed by atoms with Crippen LogP contribution in [0.2, 0.25) is 0 Å². The lowest BCUT2D eigenvalue weighted by atomic mass is 10.2. The highest BCUT2D eigenvalue weighted by Crippen LogP contribution is 2.25. The number of para-hydroxylation sites is 1. The highest BCUT2D eigenvalue weighted by atomic mass is 32.1. The van der Waals surface area contributed by atoms with Crippen LogP contribution >= 0.6 is 11.3 Å². The van der Waals surface area contributed by atoms with Crippen molar-refractivity contribution in [2.45, 2.75) is 6.92 Å². The van der Waals surface area contributed by atoms with Gasteiger partial charge < -0.3 is 4.57 Å². The lowest BCUT2D eigenvalue weighted by Crippen LogP contribution is -1.86. The number of rotatable bonds is 1. The molecule has 0 saturated heterocycles. The van der Waals surface area contributed by atoms with E-state index in [0.29, 0.717) is 0 Å². The predicted octanol–water partition coefficient (Wildman–Crippen LogP) is 4.00. The second kappa shape index (κ2) is 3.24. The van der Waals surface area contributed by atoms with Crippen LogP contribution in [0.5, 0.6) is 0 Å². The second-order valence-electron chi connectivity index (χ2n) is 3.63. The number of hydrogen-bond acceptors (Lipinski definition) is 1. The molecule has 0 spiro atoms. The van der Waals surface area contributed by atoms with Gasteiger partial charge in [-0.3, -0.25) is 0 Å². The van der Waals surface area contributed by atoms with Crippen molar-refractivity contribution in [3.8, 4) is 5.00 Å². The summed E-state index contributed by atoms with van der Waals surface area (Å²) in [6.45, 7) is 2.14. The van der Waals surface area contributed by atoms with Gasteiger partial charge in [0.25, 0.3) is 0 Å². The van der Waals surface area contributed by atoms with Crippen LogP contribution in [0.4, 0.5) is 0 Å². The van der Waals surface area contributed by atoms with Gasteiger partial charge in [0.15, 0.2) is 0 Å². The molecule has 2 heterocycles. The third kappa shape index (κ3) is 1.38. The average molecular weight is 213 g/mol. The molecule has 0 fully saturated rings. The van der Waals surface area contributed by atoms with Crippen molar-refractivity contribution in [1.82, 2.24) is 4.57 Å². The monoisotopic (exact) mass is 213 g/mol. The topological polar surface area (TPSA) is 4.93 Å². The first-order valence-corrected chi connectivity index (χ1v) is 5.79. The van der Waals surface area contributed by atoms with Gasteiger partial charge in [-0.25, -0.2) is 0 Å². The molecular formula is C13H11NS. The third-order valence-corrected chi connectivity index (χ3v) is 3.56. The minimum Gasteiger partial charge on any atom is -0.308 e. The molecule has 0 bridgehead atoms. The first-order chi connectivity index (χ1) is 7.34. The van der Waals surface area contributed by atoms with Crippen molar-refractivity contribution in [3.63, 3.8) is 0 Å². The van der Waals surface area contributed by atoms with Gasteiger partial charge in [-0.05, 0) is 36.6 Å². The standard InChI is InChI=1S/C13H11NS/c1-10-6-7-13(15-10)14-9-8-11-4-2-3-5-12(11)14/h2-9H,1H3. The highest BCUT2D eigenvalue weighted by Gasteiger charge is 2.03. The average Bonchev–Trinajstić information content (AvgIpc) is 2.83. The van der Waals surface area contributed by atoms with Crippen LogP contribution in [0.25, 0.3) is 15.9 Å². The Morgan fingerprint density at radius 3 is 2.67 bits per heavy atom. The van der Waals surface area contributed by atoms with Gasteiger partial charge in [0.2, 0.25) is 0 Å². The molecule has 3 rings (SSSR count). The SMILES string of the molecule is Cc1ccc(-n2ccc3ccccc32)s1. The summed E-state index contributed by atoms with van der Waals surface area (Å²) in [6, 6.07) is 15.0. The minimum absolute atomic E-state index is 1.28. The van der Waals surface area contributed by atoms with E-state index < -0.39 is 0 Å². The summed E-state index contributed by atoms with van der Waals surface area (Å²) in [6.07, 6.45) is 2.13. The highest BCUT2D eigenvalue weighted by molar-refractivity contribution is 7.14. The van der Waals surface area contributed by atoms with E-state index in [9.17, 15) is 0 Å². The van der Waals surface area contributed by atoms with E-state index in [1.807, 2.05) is 11.3 Å². The smallest absolute Gasteiger partial charge is 0.0997 e. The van der Waals surface area contributed by atoms with Crippen LogP contribution < -0.4 is 0 Å². The van der Waals surface area contributed by atoms with Gasteiger partial charge in [0, 0.05) is 11.1 Å². The molecule has 0 unspecified atom stereocenters. The fourth-order valence-electron chi connectivity index (χ4n) is 1.83. The second-order valence-corrected chi connectivity index (χ2v) is 4.90. The summed E-state index contributed by atoms with van der Waals surface area (Å²) in [4.78, 5) is 1.35. The van der Waals surface area contributed by atoms with Gasteiger partial charge in [-0.2, -0.15) is 0 Å². The number of thiophene rings is 1. The number of nitrogens with zero attached hydrogens (tertiary/aromatic N) is 1. The number of hydrogen-bond donors (Lipinski definition) is 0. The number of fused-ring (bicyclic) bond motifs is 1. The molecule has 0 N–H and O–H groups in total. The Labute approximate surface area is 92.6 Å². The molecule has 3 aromatic rings. The van der Waals surface area contributed by atoms with E-state index in [-0.39, 0.29) is 0 Å². The Hall–Kier alpha value is -1.54. The van der Waals surface area contributed by atoms with Crippen molar-refractivity contribution in [2.24, 2.45) is 0 Å². The predicted molar refractivity (Wildman–Crippen MR) is 65.9 cm³/mol. The Morgan fingerprint density at radius 1 is 1.00 bits per heavy atom. The molecule has 0 saturated carbocycles. The van der Waals surface area contributed by atoms with Gasteiger partial charge in [0.1, 0.15) is 0 Å². The molecule has 0 aliphatic heterocycles. The fraction of sp³-hybridized carbons (Fsp3) is 0.0769. The molecule has 0 radical (unpaired) electrons. The molecule has 0 amide bonds. The Kier molecular flexibility index (Phi) is 1.89. The van der Waals surface area contributed by atoms with E-state index in [0.717, 1.165) is 0 Å². The van der Waals surface area contributed by atoms with E-state index in [1.54, 1.807) is 0 Å². The summed E-state index contributed by atoms with van der Waals surface area (Å²) >= 11 is 1.82. The summed E-state index contributed by atoms with van der Waals surface area (Å²) in [5.41, 5.74) is 1.28. The zero-order valence-electron chi connectivity index (χ0n) is 8.47. The van der Waals surface area contributed by atoms with Gasteiger partial charge in [-0.1, -0.05) is 18.2 Å². The minimum atomic E-state index is 1.28. The summed E-state index contributed by atoms with van der Waals surface area (Å²) in [7, 11) is 0. The quantitative estimate of drug-likeness (QED) is 0.575. The maximum absolute atomic E-state index is 2.24. The Morgan fingerprint density at radius 2 is 1.87 bits per heavy atom. The molecule has 74 valence electrons. The van der Waals surface area contributed by atoms with Crippen LogP contribution in [0.15, 0.2) is 48.7 Å². The van der Waals surface area contributed by atoms with E-state index in [2.05, 4.69) is 60.2 Å². The normalized spacial score (nSPS) is 11.0. The molecule has 1 nitrogen and oxygen atoms in total. The van der Waals surface area contributed by atoms with Crippen molar-refractivity contribution < 1.29 is 0 Å². The first kappa shape index (κ1) is 8.74. The van der Waals surface area contributed by atoms with Gasteiger partial charge >= 0.3 is 0 Å². The molecule has 0 atom stereocenters. The van der Waals surface area contributed by atoms with E-state index in [4.69, 9.17) is 0 Å². The summed E-state index contributed by atoms with van der Waals surface area (Å²) in [5.74, 6) is 0. The van der Waals surface area contributed by atoms with Crippen LogP contribution in [-0.2, 0) is 0 Å². The first-order valence-electron chi connectivity index (χ1n) is 4.97. The van der Waals surface area contributed by atoms with E-state index >= 15 is 0 Å². The third-order valence-electron chi connectivity index (χ3n) is 2.56. The van der Waals surface area contributed by atoms with Crippen LogP contribution in [0, 0.1) is 6.92 Å². The molecule has 2 heteroatoms. The van der Waals surface area contributed by atoms with Crippen molar-refractivity contribution in [2.75, 3.05) is 0 Å². The Balaban J connectivity index is 2.27. The molecule has 0 aliphatic carbocycles. The fourth-order valence-corrected chi connectivity index (χ4v) is 2.69. The van der Waals surface area contributed by atoms with Crippen LogP contribution in [0.1, 0.15) is 4.88 Å². The molecule has 0 aliphatic rings. The van der Waals surface area contributed by atoms with Crippen LogP contribution in [0.3, 0.4) is 0 Å². The molecular weight excluding hydrogens is 202 g/mol. The van der Waals surface area contributed by atoms with Gasteiger partial charge in [0.05, 0.1) is 10.5 Å². The summed E-state index contributed by atoms with van der Waals surface area (Å²) < 4.78 is 2.24. The van der Waals surface area contributed by atoms with E-state index in [1.165, 1.54) is 20.8 Å². The lowest BCUT2D eigenvalue weighted by Gasteiger charge is -2.00. The molecule has 1 aromatic carbocycles. The van der Waals surface area contributed by atoms with Crippen molar-refractivity contribution >= 4 is 22.2 Å². The lowest BCUT2D eigenvalue weighted by molar-refractivity contribution is 1.16. The largest absolute Gasteiger partial charge is 0.308 e. The number of benzene rings is 1. The van der Waals surface area contributed by atoms with Crippen LogP contribution in [-0.4, -0.2) is 4.57 Å². The maximum Gasteiger partial charge on any atom is 0.0997 e. The zero-order chi connectivity index (χ0) is 10.3. The van der Waals surface area contributed by atoms with Gasteiger partial charge in [-0.15, -0.1) is 11.3 Å². The zero-order valence-corrected chi connectivity index (χ0v) is 9.29. The Bertz CT molecular complexity index is 604. The summed E-state index contributed by atoms with van der Waals surface area (Å²) in [5, 5.41) is 2.58. The van der Waals surface area contributed by atoms with Crippen molar-refractivity contribution in [1.29, 1.82) is 0 Å². The number of aryl methyl sites for hydroxylation is 1. The molecule has 15 heavy (non-hydrogen) atoms. The van der Waals surface area contributed by atoms with Crippen molar-refractivity contribution in [3.05, 3.63) is 53.5 Å². The number of aromatic nitrogens is 1. The maximum atomic E-state index is 2.24.